The van der Waals surface area contributed by atoms with Crippen molar-refractivity contribution in [3.05, 3.63) is 21.9 Å². The highest BCUT2D eigenvalue weighted by atomic mass is 16.6. The summed E-state index contributed by atoms with van der Waals surface area (Å²) in [7, 11) is 0. The molecular weight excluding hydrogens is 302 g/mol. The molecule has 0 bridgehead atoms. The van der Waals surface area contributed by atoms with E-state index < -0.39 is 11.0 Å². The smallest absolute Gasteiger partial charge is 0.404 e. The van der Waals surface area contributed by atoms with Crippen molar-refractivity contribution >= 4 is 23.3 Å². The van der Waals surface area contributed by atoms with E-state index in [2.05, 4.69) is 15.6 Å². The molecule has 1 saturated heterocycles. The van der Waals surface area contributed by atoms with Gasteiger partial charge >= 0.3 is 11.8 Å². The van der Waals surface area contributed by atoms with Gasteiger partial charge in [0.05, 0.1) is 4.92 Å². The first-order chi connectivity index (χ1) is 11.1. The van der Waals surface area contributed by atoms with Gasteiger partial charge in [-0.3, -0.25) is 10.1 Å². The molecule has 23 heavy (non-hydrogen) atoms. The molecule has 9 heteroatoms. The molecule has 1 aromatic heterocycles. The Kier molecular flexibility index (Phi) is 4.18. The van der Waals surface area contributed by atoms with Crippen LogP contribution in [0.2, 0.25) is 0 Å². The molecule has 0 aliphatic carbocycles. The summed E-state index contributed by atoms with van der Waals surface area (Å²) in [6, 6.07) is -0.221. The Morgan fingerprint density at radius 1 is 1.52 bits per heavy atom. The lowest BCUT2D eigenvalue weighted by Crippen LogP contribution is -2.48. The fraction of sp³-hybridized carbons (Fsp3) is 0.571. The van der Waals surface area contributed by atoms with Crippen molar-refractivity contribution in [3.8, 4) is 0 Å². The average Bonchev–Trinajstić information content (AvgIpc) is 2.53. The number of nitro groups is 1. The first-order valence-corrected chi connectivity index (χ1v) is 7.71. The van der Waals surface area contributed by atoms with Gasteiger partial charge in [0.25, 0.3) is 0 Å². The summed E-state index contributed by atoms with van der Waals surface area (Å²) in [5.74, 6) is 0.699. The molecule has 3 N–H and O–H groups in total. The Bertz CT molecular complexity index is 636. The van der Waals surface area contributed by atoms with Gasteiger partial charge in [0, 0.05) is 31.2 Å². The fourth-order valence-corrected chi connectivity index (χ4v) is 3.35. The molecule has 0 spiro atoms. The van der Waals surface area contributed by atoms with E-state index >= 15 is 0 Å². The monoisotopic (exact) mass is 321 g/mol. The molecule has 1 amide bonds. The molecule has 1 aromatic rings. The summed E-state index contributed by atoms with van der Waals surface area (Å²) in [6.07, 6.45) is 3.38. The van der Waals surface area contributed by atoms with E-state index in [0.29, 0.717) is 24.6 Å². The summed E-state index contributed by atoms with van der Waals surface area (Å²) in [4.78, 5) is 28.0. The van der Waals surface area contributed by atoms with Gasteiger partial charge < -0.3 is 20.6 Å². The van der Waals surface area contributed by atoms with E-state index in [-0.39, 0.29) is 11.7 Å². The summed E-state index contributed by atoms with van der Waals surface area (Å²) in [5.41, 5.74) is 1.44. The van der Waals surface area contributed by atoms with Gasteiger partial charge in [-0.15, -0.1) is 0 Å². The average molecular weight is 321 g/mol. The van der Waals surface area contributed by atoms with E-state index in [9.17, 15) is 14.9 Å². The minimum atomic E-state index is -1.07. The normalized spacial score (nSPS) is 20.3. The number of fused-ring (bicyclic) bond motifs is 1. The number of anilines is 2. The summed E-state index contributed by atoms with van der Waals surface area (Å²) < 4.78 is 0. The van der Waals surface area contributed by atoms with Gasteiger partial charge in [0.2, 0.25) is 0 Å². The van der Waals surface area contributed by atoms with E-state index in [0.717, 1.165) is 37.8 Å². The van der Waals surface area contributed by atoms with Crippen LogP contribution >= 0.6 is 0 Å². The Morgan fingerprint density at radius 2 is 2.35 bits per heavy atom. The van der Waals surface area contributed by atoms with Crippen LogP contribution in [0.15, 0.2) is 6.20 Å². The van der Waals surface area contributed by atoms with Gasteiger partial charge in [0.15, 0.2) is 0 Å². The summed E-state index contributed by atoms with van der Waals surface area (Å²) >= 11 is 0. The molecule has 3 rings (SSSR count). The van der Waals surface area contributed by atoms with Crippen LogP contribution in [0.1, 0.15) is 24.8 Å². The van der Waals surface area contributed by atoms with E-state index in [4.69, 9.17) is 5.11 Å². The topological polar surface area (TPSA) is 121 Å². The number of aromatic nitrogens is 1. The maximum absolute atomic E-state index is 11.4. The lowest BCUT2D eigenvalue weighted by molar-refractivity contribution is -0.384. The lowest BCUT2D eigenvalue weighted by atomic mass is 9.99. The zero-order valence-electron chi connectivity index (χ0n) is 12.6. The van der Waals surface area contributed by atoms with Crippen molar-refractivity contribution in [3.63, 3.8) is 0 Å². The SMILES string of the molecule is O=C(O)N[C@H]1CCCN(c2c([N+](=O)[O-])cnc3c2CCCN3)C1. The summed E-state index contributed by atoms with van der Waals surface area (Å²) in [6.45, 7) is 1.92. The fourth-order valence-electron chi connectivity index (χ4n) is 3.35. The van der Waals surface area contributed by atoms with E-state index in [1.165, 1.54) is 6.20 Å². The number of pyridine rings is 1. The number of nitrogens with zero attached hydrogens (tertiary/aromatic N) is 3. The third kappa shape index (κ3) is 3.13. The standard InChI is InChI=1S/C14H19N5O4/c20-14(21)17-9-3-2-6-18(8-9)12-10-4-1-5-15-13(10)16-7-11(12)19(22)23/h7,9,17H,1-6,8H2,(H,15,16)(H,20,21)/t9-/m0/s1. The van der Waals surface area contributed by atoms with Gasteiger partial charge in [-0.25, -0.2) is 9.78 Å². The Morgan fingerprint density at radius 3 is 3.09 bits per heavy atom. The second-order valence-corrected chi connectivity index (χ2v) is 5.84. The third-order valence-electron chi connectivity index (χ3n) is 4.29. The Balaban J connectivity index is 1.96. The van der Waals surface area contributed by atoms with Crippen LogP contribution in [-0.2, 0) is 6.42 Å². The number of amides is 1. The number of carboxylic acid groups (broad SMARTS) is 1. The zero-order chi connectivity index (χ0) is 16.4. The van der Waals surface area contributed by atoms with Crippen molar-refractivity contribution in [1.82, 2.24) is 10.3 Å². The first kappa shape index (κ1) is 15.3. The first-order valence-electron chi connectivity index (χ1n) is 7.71. The van der Waals surface area contributed by atoms with Crippen molar-refractivity contribution in [2.45, 2.75) is 31.7 Å². The molecule has 124 valence electrons. The van der Waals surface area contributed by atoms with Gasteiger partial charge in [-0.05, 0) is 25.7 Å². The van der Waals surface area contributed by atoms with E-state index in [1.807, 2.05) is 4.90 Å². The molecule has 2 aliphatic heterocycles. The van der Waals surface area contributed by atoms with Gasteiger partial charge in [0.1, 0.15) is 17.7 Å². The minimum absolute atomic E-state index is 0.0107. The van der Waals surface area contributed by atoms with Crippen LogP contribution in [0.5, 0.6) is 0 Å². The second-order valence-electron chi connectivity index (χ2n) is 5.84. The van der Waals surface area contributed by atoms with Gasteiger partial charge in [-0.1, -0.05) is 0 Å². The van der Waals surface area contributed by atoms with Crippen LogP contribution in [0, 0.1) is 10.1 Å². The molecule has 0 radical (unpaired) electrons. The van der Waals surface area contributed by atoms with Crippen LogP contribution < -0.4 is 15.5 Å². The number of hydrogen-bond acceptors (Lipinski definition) is 6. The molecule has 3 heterocycles. The van der Waals surface area contributed by atoms with Crippen LogP contribution in [0.25, 0.3) is 0 Å². The molecule has 2 aliphatic rings. The highest BCUT2D eigenvalue weighted by molar-refractivity contribution is 5.74. The number of rotatable bonds is 3. The lowest BCUT2D eigenvalue weighted by Gasteiger charge is -2.35. The van der Waals surface area contributed by atoms with Crippen molar-refractivity contribution in [2.75, 3.05) is 29.9 Å². The quantitative estimate of drug-likeness (QED) is 0.571. The highest BCUT2D eigenvalue weighted by Crippen LogP contribution is 2.38. The number of nitrogens with one attached hydrogen (secondary N) is 2. The number of carbonyl (C=O) groups is 1. The highest BCUT2D eigenvalue weighted by Gasteiger charge is 2.31. The minimum Gasteiger partial charge on any atom is -0.465 e. The largest absolute Gasteiger partial charge is 0.465 e. The second kappa shape index (κ2) is 6.27. The number of hydrogen-bond donors (Lipinski definition) is 3. The third-order valence-corrected chi connectivity index (χ3v) is 4.29. The predicted molar refractivity (Wildman–Crippen MR) is 84.1 cm³/mol. The predicted octanol–water partition coefficient (Wildman–Crippen LogP) is 1.58. The molecule has 0 aromatic carbocycles. The van der Waals surface area contributed by atoms with Gasteiger partial charge in [-0.2, -0.15) is 0 Å². The van der Waals surface area contributed by atoms with Crippen LogP contribution in [0.3, 0.4) is 0 Å². The van der Waals surface area contributed by atoms with Crippen LogP contribution in [-0.4, -0.2) is 46.8 Å². The van der Waals surface area contributed by atoms with Crippen molar-refractivity contribution < 1.29 is 14.8 Å². The molecule has 9 nitrogen and oxygen atoms in total. The molecule has 0 saturated carbocycles. The molecular formula is C14H19N5O4. The maximum atomic E-state index is 11.4. The summed E-state index contributed by atoms with van der Waals surface area (Å²) in [5, 5.41) is 26.0. The molecule has 1 atom stereocenters. The molecule has 1 fully saturated rings. The van der Waals surface area contributed by atoms with Crippen LogP contribution in [0.4, 0.5) is 22.0 Å². The Hall–Kier alpha value is -2.58. The van der Waals surface area contributed by atoms with E-state index in [1.54, 1.807) is 0 Å². The number of piperidine rings is 1. The van der Waals surface area contributed by atoms with Crippen molar-refractivity contribution in [1.29, 1.82) is 0 Å². The molecule has 0 unspecified atom stereocenters. The zero-order valence-corrected chi connectivity index (χ0v) is 12.6. The van der Waals surface area contributed by atoms with Crippen molar-refractivity contribution in [2.24, 2.45) is 0 Å². The Labute approximate surface area is 132 Å². The maximum Gasteiger partial charge on any atom is 0.404 e.